The van der Waals surface area contributed by atoms with E-state index < -0.39 is 23.1 Å². The molecule has 1 heterocycles. The minimum absolute atomic E-state index is 0.0882. The molecular formula is C12H9F3O4. The summed E-state index contributed by atoms with van der Waals surface area (Å²) in [4.78, 5) is 11.3. The summed E-state index contributed by atoms with van der Waals surface area (Å²) in [6.45, 7) is -0.195. The smallest absolute Gasteiger partial charge is 0.416 e. The van der Waals surface area contributed by atoms with E-state index in [2.05, 4.69) is 0 Å². The lowest BCUT2D eigenvalue weighted by molar-refractivity contribution is -0.142. The maximum Gasteiger partial charge on any atom is 0.416 e. The number of halogens is 3. The van der Waals surface area contributed by atoms with E-state index >= 15 is 0 Å². The van der Waals surface area contributed by atoms with Gasteiger partial charge in [-0.2, -0.15) is 13.2 Å². The molecule has 0 saturated heterocycles. The molecule has 7 heteroatoms. The van der Waals surface area contributed by atoms with Gasteiger partial charge in [-0.3, -0.25) is 4.79 Å². The van der Waals surface area contributed by atoms with Gasteiger partial charge in [0.15, 0.2) is 11.5 Å². The molecule has 0 spiro atoms. The van der Waals surface area contributed by atoms with E-state index in [4.69, 9.17) is 9.47 Å². The fraction of sp³-hybridized carbons (Fsp3) is 0.417. The van der Waals surface area contributed by atoms with Crippen molar-refractivity contribution in [1.29, 1.82) is 0 Å². The Hall–Kier alpha value is -1.92. The van der Waals surface area contributed by atoms with Crippen LogP contribution in [0.2, 0.25) is 0 Å². The van der Waals surface area contributed by atoms with Crippen molar-refractivity contribution in [2.24, 2.45) is 0 Å². The number of ether oxygens (including phenoxy) is 2. The second-order valence-corrected chi connectivity index (χ2v) is 4.61. The Balaban J connectivity index is 2.26. The third-order valence-electron chi connectivity index (χ3n) is 3.48. The topological polar surface area (TPSA) is 55.8 Å². The molecule has 1 aliphatic carbocycles. The van der Waals surface area contributed by atoms with Gasteiger partial charge in [-0.15, -0.1) is 0 Å². The first-order chi connectivity index (χ1) is 8.86. The van der Waals surface area contributed by atoms with E-state index in [1.54, 1.807) is 0 Å². The van der Waals surface area contributed by atoms with Crippen LogP contribution in [0.5, 0.6) is 11.5 Å². The molecule has 1 aliphatic heterocycles. The van der Waals surface area contributed by atoms with Crippen molar-refractivity contribution in [1.82, 2.24) is 0 Å². The van der Waals surface area contributed by atoms with Gasteiger partial charge in [-0.25, -0.2) is 0 Å². The summed E-state index contributed by atoms with van der Waals surface area (Å²) in [5.41, 5.74) is -2.76. The average molecular weight is 274 g/mol. The lowest BCUT2D eigenvalue weighted by atomic mass is 9.89. The van der Waals surface area contributed by atoms with Crippen LogP contribution in [0.15, 0.2) is 12.1 Å². The van der Waals surface area contributed by atoms with Crippen LogP contribution < -0.4 is 9.47 Å². The third kappa shape index (κ3) is 1.64. The van der Waals surface area contributed by atoms with E-state index in [-0.39, 0.29) is 36.7 Å². The van der Waals surface area contributed by atoms with Crippen molar-refractivity contribution in [3.8, 4) is 11.5 Å². The number of fused-ring (bicyclic) bond motifs is 1. The number of carbonyl (C=O) groups is 1. The minimum Gasteiger partial charge on any atom is -0.481 e. The number of rotatable bonds is 2. The van der Waals surface area contributed by atoms with Gasteiger partial charge in [0.2, 0.25) is 6.79 Å². The van der Waals surface area contributed by atoms with Gasteiger partial charge >= 0.3 is 12.1 Å². The lowest BCUT2D eigenvalue weighted by Gasteiger charge is -2.19. The number of aliphatic carboxylic acids is 1. The largest absolute Gasteiger partial charge is 0.481 e. The maximum absolute atomic E-state index is 13.0. The first-order valence-electron chi connectivity index (χ1n) is 5.60. The first-order valence-corrected chi connectivity index (χ1v) is 5.60. The third-order valence-corrected chi connectivity index (χ3v) is 3.48. The molecule has 0 bridgehead atoms. The highest BCUT2D eigenvalue weighted by molar-refractivity contribution is 5.87. The monoisotopic (exact) mass is 274 g/mol. The molecule has 2 aliphatic rings. The van der Waals surface area contributed by atoms with Crippen LogP contribution in [-0.2, 0) is 16.4 Å². The van der Waals surface area contributed by atoms with Crippen molar-refractivity contribution in [3.05, 3.63) is 23.3 Å². The van der Waals surface area contributed by atoms with Gasteiger partial charge in [0.1, 0.15) is 0 Å². The van der Waals surface area contributed by atoms with Gasteiger partial charge in [-0.1, -0.05) is 0 Å². The van der Waals surface area contributed by atoms with Crippen LogP contribution in [0.25, 0.3) is 0 Å². The molecule has 4 nitrogen and oxygen atoms in total. The SMILES string of the molecule is O=C(O)C1(c2c(C(F)(F)F)ccc3c2OCO3)CC1. The second-order valence-electron chi connectivity index (χ2n) is 4.61. The van der Waals surface area contributed by atoms with E-state index in [0.717, 1.165) is 12.1 Å². The summed E-state index contributed by atoms with van der Waals surface area (Å²) in [5, 5.41) is 9.21. The number of benzene rings is 1. The fourth-order valence-electron chi connectivity index (χ4n) is 2.38. The summed E-state index contributed by atoms with van der Waals surface area (Å²) in [7, 11) is 0. The van der Waals surface area contributed by atoms with Crippen LogP contribution in [-0.4, -0.2) is 17.9 Å². The van der Waals surface area contributed by atoms with Crippen molar-refractivity contribution in [2.45, 2.75) is 24.4 Å². The van der Waals surface area contributed by atoms with Crippen molar-refractivity contribution < 1.29 is 32.5 Å². The van der Waals surface area contributed by atoms with Crippen LogP contribution >= 0.6 is 0 Å². The second kappa shape index (κ2) is 3.55. The standard InChI is InChI=1S/C12H9F3O4/c13-12(14,15)6-1-2-7-9(19-5-18-7)8(6)11(3-4-11)10(16)17/h1-2H,3-5H2,(H,16,17). The maximum atomic E-state index is 13.0. The molecule has 3 rings (SSSR count). The van der Waals surface area contributed by atoms with Crippen molar-refractivity contribution in [2.75, 3.05) is 6.79 Å². The molecular weight excluding hydrogens is 265 g/mol. The molecule has 1 fully saturated rings. The zero-order chi connectivity index (χ0) is 13.8. The van der Waals surface area contributed by atoms with Crippen molar-refractivity contribution >= 4 is 5.97 Å². The highest BCUT2D eigenvalue weighted by Gasteiger charge is 2.58. The highest BCUT2D eigenvalue weighted by Crippen LogP contribution is 2.57. The molecule has 0 unspecified atom stereocenters. The number of carboxylic acids is 1. The summed E-state index contributed by atoms with van der Waals surface area (Å²) in [6, 6.07) is 2.01. The Kier molecular flexibility index (Phi) is 2.27. The summed E-state index contributed by atoms with van der Waals surface area (Å²) >= 11 is 0. The number of alkyl halides is 3. The Morgan fingerprint density at radius 1 is 1.26 bits per heavy atom. The Morgan fingerprint density at radius 2 is 1.95 bits per heavy atom. The van der Waals surface area contributed by atoms with Gasteiger partial charge < -0.3 is 14.6 Å². The van der Waals surface area contributed by atoms with E-state index in [1.165, 1.54) is 0 Å². The molecule has 1 saturated carbocycles. The molecule has 1 aromatic carbocycles. The number of hydrogen-bond donors (Lipinski definition) is 1. The van der Waals surface area contributed by atoms with Crippen molar-refractivity contribution in [3.63, 3.8) is 0 Å². The van der Waals surface area contributed by atoms with Gasteiger partial charge in [0, 0.05) is 5.56 Å². The highest BCUT2D eigenvalue weighted by atomic mass is 19.4. The van der Waals surface area contributed by atoms with E-state index in [1.807, 2.05) is 0 Å². The zero-order valence-electron chi connectivity index (χ0n) is 9.58. The quantitative estimate of drug-likeness (QED) is 0.900. The summed E-state index contributed by atoms with van der Waals surface area (Å²) in [6.07, 6.45) is -4.28. The fourth-order valence-corrected chi connectivity index (χ4v) is 2.38. The normalized spacial score (nSPS) is 19.3. The van der Waals surface area contributed by atoms with Gasteiger partial charge in [-0.05, 0) is 25.0 Å². The molecule has 102 valence electrons. The Morgan fingerprint density at radius 3 is 2.47 bits per heavy atom. The molecule has 1 aromatic rings. The van der Waals surface area contributed by atoms with E-state index in [0.29, 0.717) is 0 Å². The molecule has 0 radical (unpaired) electrons. The Bertz CT molecular complexity index is 561. The molecule has 0 aromatic heterocycles. The van der Waals surface area contributed by atoms with Gasteiger partial charge in [0.05, 0.1) is 11.0 Å². The minimum atomic E-state index is -4.62. The first kappa shape index (κ1) is 12.1. The summed E-state index contributed by atoms with van der Waals surface area (Å²) < 4.78 is 49.2. The van der Waals surface area contributed by atoms with Crippen LogP contribution in [0.3, 0.4) is 0 Å². The molecule has 1 N–H and O–H groups in total. The number of hydrogen-bond acceptors (Lipinski definition) is 3. The number of carboxylic acid groups (broad SMARTS) is 1. The van der Waals surface area contributed by atoms with Crippen LogP contribution in [0.1, 0.15) is 24.0 Å². The van der Waals surface area contributed by atoms with Crippen LogP contribution in [0.4, 0.5) is 13.2 Å². The summed E-state index contributed by atoms with van der Waals surface area (Å²) in [5.74, 6) is -1.19. The molecule has 19 heavy (non-hydrogen) atoms. The van der Waals surface area contributed by atoms with E-state index in [9.17, 15) is 23.1 Å². The average Bonchev–Trinajstić information content (AvgIpc) is 2.98. The van der Waals surface area contributed by atoms with Crippen LogP contribution in [0, 0.1) is 0 Å². The molecule has 0 amide bonds. The predicted octanol–water partition coefficient (Wildman–Crippen LogP) is 2.55. The van der Waals surface area contributed by atoms with Gasteiger partial charge in [0.25, 0.3) is 0 Å². The lowest BCUT2D eigenvalue weighted by Crippen LogP contribution is -2.24. The molecule has 0 atom stereocenters. The Labute approximate surface area is 105 Å². The zero-order valence-corrected chi connectivity index (χ0v) is 9.58. The predicted molar refractivity (Wildman–Crippen MR) is 56.1 cm³/mol.